The Morgan fingerprint density at radius 3 is 2.59 bits per heavy atom. The molecule has 5 aromatic rings. The maximum absolute atomic E-state index is 12.7. The van der Waals surface area contributed by atoms with Gasteiger partial charge < -0.3 is 25.1 Å². The number of nitrogens with one attached hydrogen (secondary N) is 3. The Balaban J connectivity index is 1.37. The van der Waals surface area contributed by atoms with Crippen molar-refractivity contribution in [3.8, 4) is 11.3 Å². The molecule has 9 nitrogen and oxygen atoms in total. The van der Waals surface area contributed by atoms with E-state index in [1.807, 2.05) is 71.6 Å². The number of aromatic nitrogens is 3. The van der Waals surface area contributed by atoms with Crippen molar-refractivity contribution in [2.75, 3.05) is 28.8 Å². The summed E-state index contributed by atoms with van der Waals surface area (Å²) in [5.41, 5.74) is 4.74. The Hall–Kier alpha value is -4.83. The molecule has 0 bridgehead atoms. The van der Waals surface area contributed by atoms with Crippen molar-refractivity contribution in [3.05, 3.63) is 97.0 Å². The van der Waals surface area contributed by atoms with Crippen LogP contribution in [0, 0.1) is 0 Å². The molecule has 39 heavy (non-hydrogen) atoms. The summed E-state index contributed by atoms with van der Waals surface area (Å²) in [6.07, 6.45) is 7.39. The number of nitrogens with zero attached hydrogens (tertiary/aromatic N) is 3. The summed E-state index contributed by atoms with van der Waals surface area (Å²) in [5, 5.41) is 9.11. The standard InChI is InChI=1S/C29H26N6O3S/c1-3-38-28(36)19-11-13-21(14-12-19)31-26-27-30-15-16-35(27)18-24(33-26)20-7-6-8-22(17-20)32-29(37)34-23-9-4-5-10-25(23)39-2/h4-18H,3H2,1-2H3,(H,31,33)(H2,32,34,37). The molecule has 2 aromatic heterocycles. The van der Waals surface area contributed by atoms with Gasteiger partial charge in [0, 0.05) is 40.4 Å². The van der Waals surface area contributed by atoms with Gasteiger partial charge >= 0.3 is 12.0 Å². The minimum absolute atomic E-state index is 0.320. The van der Waals surface area contributed by atoms with Crippen LogP contribution < -0.4 is 16.0 Å². The molecule has 2 amide bonds. The molecule has 0 atom stereocenters. The molecular weight excluding hydrogens is 512 g/mol. The minimum atomic E-state index is -0.365. The molecule has 0 unspecified atom stereocenters. The number of rotatable bonds is 8. The summed E-state index contributed by atoms with van der Waals surface area (Å²) in [6, 6.07) is 21.8. The number of thioether (sulfide) groups is 1. The molecule has 3 N–H and O–H groups in total. The minimum Gasteiger partial charge on any atom is -0.462 e. The fourth-order valence-electron chi connectivity index (χ4n) is 3.98. The third-order valence-corrected chi connectivity index (χ3v) is 6.60. The molecule has 0 aliphatic rings. The number of carbonyl (C=O) groups is 2. The quantitative estimate of drug-likeness (QED) is 0.149. The molecule has 10 heteroatoms. The van der Waals surface area contributed by atoms with Gasteiger partial charge in [-0.15, -0.1) is 11.8 Å². The van der Waals surface area contributed by atoms with E-state index in [-0.39, 0.29) is 12.0 Å². The average Bonchev–Trinajstić information content (AvgIpc) is 3.43. The van der Waals surface area contributed by atoms with E-state index in [1.54, 1.807) is 49.1 Å². The van der Waals surface area contributed by atoms with Gasteiger partial charge in [0.2, 0.25) is 0 Å². The molecule has 0 saturated carbocycles. The van der Waals surface area contributed by atoms with Crippen LogP contribution in [-0.4, -0.2) is 39.2 Å². The van der Waals surface area contributed by atoms with Crippen LogP contribution in [0.25, 0.3) is 16.9 Å². The number of ether oxygens (including phenoxy) is 1. The van der Waals surface area contributed by atoms with Crippen molar-refractivity contribution in [1.29, 1.82) is 0 Å². The zero-order chi connectivity index (χ0) is 27.2. The maximum Gasteiger partial charge on any atom is 0.338 e. The van der Waals surface area contributed by atoms with E-state index in [1.165, 1.54) is 0 Å². The molecule has 196 valence electrons. The monoisotopic (exact) mass is 538 g/mol. The van der Waals surface area contributed by atoms with E-state index < -0.39 is 0 Å². The third kappa shape index (κ3) is 6.02. The highest BCUT2D eigenvalue weighted by Crippen LogP contribution is 2.27. The van der Waals surface area contributed by atoms with Crippen molar-refractivity contribution in [2.24, 2.45) is 0 Å². The van der Waals surface area contributed by atoms with E-state index >= 15 is 0 Å². The van der Waals surface area contributed by atoms with Crippen LogP contribution in [0.5, 0.6) is 0 Å². The van der Waals surface area contributed by atoms with E-state index in [0.29, 0.717) is 35.0 Å². The Morgan fingerprint density at radius 2 is 1.79 bits per heavy atom. The highest BCUT2D eigenvalue weighted by Gasteiger charge is 2.12. The summed E-state index contributed by atoms with van der Waals surface area (Å²) >= 11 is 1.57. The smallest absolute Gasteiger partial charge is 0.338 e. The third-order valence-electron chi connectivity index (χ3n) is 5.80. The van der Waals surface area contributed by atoms with Crippen molar-refractivity contribution in [1.82, 2.24) is 14.4 Å². The molecule has 0 radical (unpaired) electrons. The van der Waals surface area contributed by atoms with Crippen LogP contribution in [0.3, 0.4) is 0 Å². The van der Waals surface area contributed by atoms with Gasteiger partial charge in [0.1, 0.15) is 0 Å². The van der Waals surface area contributed by atoms with Crippen LogP contribution in [0.15, 0.2) is 96.3 Å². The summed E-state index contributed by atoms with van der Waals surface area (Å²) < 4.78 is 6.93. The number of fused-ring (bicyclic) bond motifs is 1. The number of para-hydroxylation sites is 1. The first-order valence-corrected chi connectivity index (χ1v) is 13.5. The number of benzene rings is 3. The zero-order valence-electron chi connectivity index (χ0n) is 21.3. The molecular formula is C29H26N6O3S. The number of hydrogen-bond donors (Lipinski definition) is 3. The van der Waals surface area contributed by atoms with Gasteiger partial charge in [0.15, 0.2) is 11.5 Å². The molecule has 0 fully saturated rings. The lowest BCUT2D eigenvalue weighted by Crippen LogP contribution is -2.19. The Morgan fingerprint density at radius 1 is 0.974 bits per heavy atom. The number of imidazole rings is 1. The number of carbonyl (C=O) groups excluding carboxylic acids is 2. The fraction of sp³-hybridized carbons (Fsp3) is 0.103. The normalized spacial score (nSPS) is 10.7. The molecule has 3 aromatic carbocycles. The molecule has 0 aliphatic heterocycles. The van der Waals surface area contributed by atoms with E-state index in [4.69, 9.17) is 9.72 Å². The van der Waals surface area contributed by atoms with Crippen LogP contribution in [-0.2, 0) is 4.74 Å². The number of anilines is 4. The van der Waals surface area contributed by atoms with Gasteiger partial charge in [0.25, 0.3) is 0 Å². The summed E-state index contributed by atoms with van der Waals surface area (Å²) in [5.74, 6) is 0.182. The predicted molar refractivity (Wildman–Crippen MR) is 155 cm³/mol. The molecule has 0 spiro atoms. The maximum atomic E-state index is 12.7. The van der Waals surface area contributed by atoms with E-state index in [0.717, 1.165) is 21.8 Å². The van der Waals surface area contributed by atoms with Crippen molar-refractivity contribution < 1.29 is 14.3 Å². The second kappa shape index (κ2) is 11.7. The summed E-state index contributed by atoms with van der Waals surface area (Å²) in [6.45, 7) is 2.09. The van der Waals surface area contributed by atoms with Crippen LogP contribution in [0.1, 0.15) is 17.3 Å². The first-order valence-electron chi connectivity index (χ1n) is 12.2. The van der Waals surface area contributed by atoms with Crippen LogP contribution in [0.4, 0.5) is 27.7 Å². The zero-order valence-corrected chi connectivity index (χ0v) is 22.2. The van der Waals surface area contributed by atoms with Crippen LogP contribution in [0.2, 0.25) is 0 Å². The fourth-order valence-corrected chi connectivity index (χ4v) is 4.54. The topological polar surface area (TPSA) is 110 Å². The van der Waals surface area contributed by atoms with E-state index in [2.05, 4.69) is 20.9 Å². The average molecular weight is 539 g/mol. The molecule has 0 aliphatic carbocycles. The lowest BCUT2D eigenvalue weighted by Gasteiger charge is -2.13. The highest BCUT2D eigenvalue weighted by atomic mass is 32.2. The van der Waals surface area contributed by atoms with Crippen LogP contribution >= 0.6 is 11.8 Å². The molecule has 5 rings (SSSR count). The van der Waals surface area contributed by atoms with Crippen molar-refractivity contribution in [3.63, 3.8) is 0 Å². The number of amides is 2. The SMILES string of the molecule is CCOC(=O)c1ccc(Nc2nc(-c3cccc(NC(=O)Nc4ccccc4SC)c3)cn3ccnc23)cc1. The van der Waals surface area contributed by atoms with Gasteiger partial charge in [-0.3, -0.25) is 0 Å². The first kappa shape index (κ1) is 25.8. The van der Waals surface area contributed by atoms with Gasteiger partial charge in [0.05, 0.1) is 23.6 Å². The van der Waals surface area contributed by atoms with Crippen molar-refractivity contribution in [2.45, 2.75) is 11.8 Å². The Kier molecular flexibility index (Phi) is 7.74. The summed E-state index contributed by atoms with van der Waals surface area (Å²) in [4.78, 5) is 34.9. The van der Waals surface area contributed by atoms with Crippen molar-refractivity contribution >= 4 is 52.3 Å². The molecule has 2 heterocycles. The first-order chi connectivity index (χ1) is 19.0. The Labute approximate surface area is 229 Å². The number of urea groups is 1. The number of esters is 1. The lowest BCUT2D eigenvalue weighted by molar-refractivity contribution is 0.0526. The predicted octanol–water partition coefficient (Wildman–Crippen LogP) is 6.68. The second-order valence-electron chi connectivity index (χ2n) is 8.42. The highest BCUT2D eigenvalue weighted by molar-refractivity contribution is 7.98. The van der Waals surface area contributed by atoms with Gasteiger partial charge in [-0.1, -0.05) is 24.3 Å². The Bertz CT molecular complexity index is 1630. The van der Waals surface area contributed by atoms with Gasteiger partial charge in [-0.25, -0.2) is 19.6 Å². The van der Waals surface area contributed by atoms with Gasteiger partial charge in [-0.2, -0.15) is 0 Å². The van der Waals surface area contributed by atoms with E-state index in [9.17, 15) is 9.59 Å². The summed E-state index contributed by atoms with van der Waals surface area (Å²) in [7, 11) is 0. The molecule has 0 saturated heterocycles. The van der Waals surface area contributed by atoms with Gasteiger partial charge in [-0.05, 0) is 61.7 Å². The largest absolute Gasteiger partial charge is 0.462 e. The second-order valence-corrected chi connectivity index (χ2v) is 9.26. The number of hydrogen-bond acceptors (Lipinski definition) is 7. The lowest BCUT2D eigenvalue weighted by atomic mass is 10.1.